The number of aliphatic carboxylic acids is 2. The zero-order valence-electron chi connectivity index (χ0n) is 13.8. The molecular formula is C13H22N4O9. The number of carboxylic acids is 2. The molecule has 0 aromatic carbocycles. The maximum atomic E-state index is 12.1. The van der Waals surface area contributed by atoms with Gasteiger partial charge in [0.2, 0.25) is 17.7 Å². The predicted octanol–water partition coefficient (Wildman–Crippen LogP) is -4.67. The van der Waals surface area contributed by atoms with Crippen LogP contribution in [0.15, 0.2) is 0 Å². The van der Waals surface area contributed by atoms with Crippen molar-refractivity contribution in [2.75, 3.05) is 13.2 Å². The molecule has 0 aliphatic carbocycles. The van der Waals surface area contributed by atoms with E-state index in [0.29, 0.717) is 0 Å². The van der Waals surface area contributed by atoms with Crippen LogP contribution in [-0.4, -0.2) is 87.5 Å². The SMILES string of the molecule is CC(O)C(N)C(=O)NC(CC(=O)O)C(=O)NC(CO)C(=O)NCC(=O)O. The van der Waals surface area contributed by atoms with E-state index in [9.17, 15) is 29.1 Å². The van der Waals surface area contributed by atoms with Crippen molar-refractivity contribution in [1.82, 2.24) is 16.0 Å². The normalized spacial score (nSPS) is 15.1. The van der Waals surface area contributed by atoms with Gasteiger partial charge in [0.15, 0.2) is 0 Å². The number of carbonyl (C=O) groups is 5. The standard InChI is InChI=1S/C13H22N4O9/c1-5(19)10(14)13(26)16-6(2-8(20)21)12(25)17-7(4-18)11(24)15-3-9(22)23/h5-7,10,18-19H,2-4,14H2,1H3,(H,15,24)(H,16,26)(H,17,25)(H,20,21)(H,22,23). The highest BCUT2D eigenvalue weighted by Gasteiger charge is 2.30. The summed E-state index contributed by atoms with van der Waals surface area (Å²) in [6.45, 7) is -0.451. The first-order chi connectivity index (χ1) is 12.0. The summed E-state index contributed by atoms with van der Waals surface area (Å²) in [4.78, 5) is 56.8. The summed E-state index contributed by atoms with van der Waals surface area (Å²) >= 11 is 0. The van der Waals surface area contributed by atoms with Crippen molar-refractivity contribution < 1.29 is 44.4 Å². The minimum atomic E-state index is -1.65. The molecule has 0 aliphatic heterocycles. The highest BCUT2D eigenvalue weighted by Crippen LogP contribution is 1.98. The largest absolute Gasteiger partial charge is 0.481 e. The molecule has 13 nitrogen and oxygen atoms in total. The molecule has 0 aromatic heterocycles. The molecular weight excluding hydrogens is 356 g/mol. The summed E-state index contributed by atoms with van der Waals surface area (Å²) in [6, 6.07) is -4.64. The van der Waals surface area contributed by atoms with E-state index < -0.39 is 73.5 Å². The molecule has 3 amide bonds. The molecule has 148 valence electrons. The number of nitrogens with two attached hydrogens (primary N) is 1. The summed E-state index contributed by atoms with van der Waals surface area (Å²) < 4.78 is 0. The number of aliphatic hydroxyl groups excluding tert-OH is 2. The number of carbonyl (C=O) groups excluding carboxylic acids is 3. The van der Waals surface area contributed by atoms with Crippen LogP contribution in [0.3, 0.4) is 0 Å². The Labute approximate surface area is 147 Å². The predicted molar refractivity (Wildman–Crippen MR) is 83.5 cm³/mol. The fourth-order valence-electron chi connectivity index (χ4n) is 1.62. The third kappa shape index (κ3) is 8.36. The lowest BCUT2D eigenvalue weighted by molar-refractivity contribution is -0.142. The first kappa shape index (κ1) is 23.2. The monoisotopic (exact) mass is 378 g/mol. The van der Waals surface area contributed by atoms with Crippen molar-refractivity contribution in [3.05, 3.63) is 0 Å². The summed E-state index contributed by atoms with van der Waals surface area (Å²) in [5.74, 6) is -5.96. The van der Waals surface area contributed by atoms with Gasteiger partial charge in [0.25, 0.3) is 0 Å². The molecule has 0 saturated heterocycles. The maximum absolute atomic E-state index is 12.1. The molecule has 13 heteroatoms. The van der Waals surface area contributed by atoms with E-state index in [-0.39, 0.29) is 0 Å². The molecule has 9 N–H and O–H groups in total. The second-order valence-corrected chi connectivity index (χ2v) is 5.28. The Hall–Kier alpha value is -2.77. The van der Waals surface area contributed by atoms with Gasteiger partial charge in [-0.05, 0) is 6.92 Å². The van der Waals surface area contributed by atoms with E-state index in [1.165, 1.54) is 6.92 Å². The molecule has 0 radical (unpaired) electrons. The van der Waals surface area contributed by atoms with Gasteiger partial charge in [-0.3, -0.25) is 24.0 Å². The Bertz CT molecular complexity index is 552. The van der Waals surface area contributed by atoms with Crippen molar-refractivity contribution in [3.8, 4) is 0 Å². The first-order valence-corrected chi connectivity index (χ1v) is 7.36. The van der Waals surface area contributed by atoms with Gasteiger partial charge in [0.1, 0.15) is 24.7 Å². The van der Waals surface area contributed by atoms with Crippen molar-refractivity contribution in [1.29, 1.82) is 0 Å². The second kappa shape index (κ2) is 11.0. The lowest BCUT2D eigenvalue weighted by atomic mass is 10.1. The van der Waals surface area contributed by atoms with Crippen LogP contribution in [0.2, 0.25) is 0 Å². The quantitative estimate of drug-likeness (QED) is 0.171. The molecule has 26 heavy (non-hydrogen) atoms. The minimum absolute atomic E-state index is 0.760. The zero-order valence-corrected chi connectivity index (χ0v) is 13.8. The van der Waals surface area contributed by atoms with Crippen molar-refractivity contribution in [2.24, 2.45) is 5.73 Å². The Kier molecular flexibility index (Phi) is 9.80. The van der Waals surface area contributed by atoms with Gasteiger partial charge in [-0.2, -0.15) is 0 Å². The van der Waals surface area contributed by atoms with E-state index in [1.54, 1.807) is 0 Å². The average Bonchev–Trinajstić information content (AvgIpc) is 2.55. The Balaban J connectivity index is 5.04. The van der Waals surface area contributed by atoms with E-state index in [1.807, 2.05) is 16.0 Å². The van der Waals surface area contributed by atoms with Crippen LogP contribution < -0.4 is 21.7 Å². The maximum Gasteiger partial charge on any atom is 0.322 e. The molecule has 0 saturated carbocycles. The van der Waals surface area contributed by atoms with Crippen LogP contribution in [0.4, 0.5) is 0 Å². The number of hydrogen-bond acceptors (Lipinski definition) is 8. The van der Waals surface area contributed by atoms with Crippen LogP contribution >= 0.6 is 0 Å². The highest BCUT2D eigenvalue weighted by atomic mass is 16.4. The van der Waals surface area contributed by atoms with E-state index >= 15 is 0 Å². The molecule has 0 fully saturated rings. The number of amides is 3. The topological polar surface area (TPSA) is 228 Å². The van der Waals surface area contributed by atoms with Gasteiger partial charge in [-0.25, -0.2) is 0 Å². The summed E-state index contributed by atoms with van der Waals surface area (Å²) in [5.41, 5.74) is 5.38. The lowest BCUT2D eigenvalue weighted by Crippen LogP contribution is -2.58. The third-order valence-electron chi connectivity index (χ3n) is 3.06. The molecule has 0 heterocycles. The van der Waals surface area contributed by atoms with E-state index in [2.05, 4.69) is 0 Å². The molecule has 0 aromatic rings. The number of aliphatic hydroxyl groups is 2. The number of rotatable bonds is 11. The number of nitrogens with one attached hydrogen (secondary N) is 3. The lowest BCUT2D eigenvalue weighted by Gasteiger charge is -2.23. The van der Waals surface area contributed by atoms with Crippen molar-refractivity contribution >= 4 is 29.7 Å². The van der Waals surface area contributed by atoms with Gasteiger partial charge in [-0.1, -0.05) is 0 Å². The molecule has 0 aliphatic rings. The molecule has 0 bridgehead atoms. The van der Waals surface area contributed by atoms with Gasteiger partial charge in [0.05, 0.1) is 19.1 Å². The van der Waals surface area contributed by atoms with E-state index in [0.717, 1.165) is 0 Å². The highest BCUT2D eigenvalue weighted by molar-refractivity contribution is 5.95. The second-order valence-electron chi connectivity index (χ2n) is 5.28. The first-order valence-electron chi connectivity index (χ1n) is 7.36. The van der Waals surface area contributed by atoms with Crippen molar-refractivity contribution in [2.45, 2.75) is 37.6 Å². The smallest absolute Gasteiger partial charge is 0.322 e. The van der Waals surface area contributed by atoms with E-state index in [4.69, 9.17) is 21.1 Å². The van der Waals surface area contributed by atoms with Gasteiger partial charge < -0.3 is 42.1 Å². The number of hydrogen-bond donors (Lipinski definition) is 8. The number of carboxylic acid groups (broad SMARTS) is 2. The van der Waals surface area contributed by atoms with Crippen LogP contribution in [0, 0.1) is 0 Å². The van der Waals surface area contributed by atoms with Gasteiger partial charge in [0, 0.05) is 0 Å². The van der Waals surface area contributed by atoms with Crippen LogP contribution in [0.25, 0.3) is 0 Å². The minimum Gasteiger partial charge on any atom is -0.481 e. The zero-order chi connectivity index (χ0) is 20.4. The molecule has 4 atom stereocenters. The molecule has 4 unspecified atom stereocenters. The van der Waals surface area contributed by atoms with Gasteiger partial charge >= 0.3 is 11.9 Å². The van der Waals surface area contributed by atoms with Crippen LogP contribution in [0.5, 0.6) is 0 Å². The average molecular weight is 378 g/mol. The molecule has 0 spiro atoms. The van der Waals surface area contributed by atoms with Crippen LogP contribution in [-0.2, 0) is 24.0 Å². The third-order valence-corrected chi connectivity index (χ3v) is 3.06. The Morgan fingerprint density at radius 1 is 0.923 bits per heavy atom. The van der Waals surface area contributed by atoms with Crippen molar-refractivity contribution in [3.63, 3.8) is 0 Å². The fraction of sp³-hybridized carbons (Fsp3) is 0.615. The van der Waals surface area contributed by atoms with Gasteiger partial charge in [-0.15, -0.1) is 0 Å². The Morgan fingerprint density at radius 2 is 1.46 bits per heavy atom. The molecule has 0 rings (SSSR count). The summed E-state index contributed by atoms with van der Waals surface area (Å²) in [7, 11) is 0. The fourth-order valence-corrected chi connectivity index (χ4v) is 1.62. The van der Waals surface area contributed by atoms with Crippen LogP contribution in [0.1, 0.15) is 13.3 Å². The Morgan fingerprint density at radius 3 is 1.88 bits per heavy atom. The summed E-state index contributed by atoms with van der Waals surface area (Å²) in [5, 5.41) is 41.6. The summed E-state index contributed by atoms with van der Waals surface area (Å²) in [6.07, 6.45) is -2.13.